The molecule has 0 bridgehead atoms. The fourth-order valence-corrected chi connectivity index (χ4v) is 4.96. The highest BCUT2D eigenvalue weighted by Gasteiger charge is 2.58. The molecule has 2 aromatic heterocycles. The quantitative estimate of drug-likeness (QED) is 0.836. The van der Waals surface area contributed by atoms with Crippen molar-refractivity contribution in [2.75, 3.05) is 25.1 Å². The number of hydrogen-bond acceptors (Lipinski definition) is 4. The van der Waals surface area contributed by atoms with Gasteiger partial charge in [0.25, 0.3) is 0 Å². The van der Waals surface area contributed by atoms with Gasteiger partial charge in [0.2, 0.25) is 0 Å². The van der Waals surface area contributed by atoms with E-state index >= 15 is 0 Å². The molecule has 0 aromatic carbocycles. The zero-order chi connectivity index (χ0) is 20.4. The lowest BCUT2D eigenvalue weighted by Gasteiger charge is -2.17. The fourth-order valence-electron chi connectivity index (χ4n) is 4.19. The van der Waals surface area contributed by atoms with Crippen LogP contribution in [0.5, 0.6) is 0 Å². The second kappa shape index (κ2) is 6.55. The highest BCUT2D eigenvalue weighted by atomic mass is 32.2. The molecule has 1 saturated heterocycles. The second-order valence-electron chi connectivity index (χ2n) is 7.77. The predicted molar refractivity (Wildman–Crippen MR) is 101 cm³/mol. The average Bonchev–Trinajstić information content (AvgIpc) is 2.99. The number of aromatic nitrogens is 3. The minimum atomic E-state index is -4.57. The van der Waals surface area contributed by atoms with Gasteiger partial charge >= 0.3 is 6.18 Å². The fraction of sp³-hybridized carbons (Fsp3) is 0.556. The van der Waals surface area contributed by atoms with E-state index in [1.165, 1.54) is 6.20 Å². The number of fused-ring (bicyclic) bond motifs is 1. The Labute approximate surface area is 163 Å². The Bertz CT molecular complexity index is 930. The van der Waals surface area contributed by atoms with E-state index in [1.807, 2.05) is 28.9 Å². The Hall–Kier alpha value is -1.94. The molecular weight excluding hydrogens is 391 g/mol. The van der Waals surface area contributed by atoms with E-state index in [9.17, 15) is 17.4 Å². The molecule has 2 aromatic rings. The maximum atomic E-state index is 13.2. The third kappa shape index (κ3) is 3.22. The van der Waals surface area contributed by atoms with E-state index in [1.54, 1.807) is 6.26 Å². The zero-order valence-corrected chi connectivity index (χ0v) is 16.6. The van der Waals surface area contributed by atoms with Crippen molar-refractivity contribution in [3.05, 3.63) is 29.6 Å². The summed E-state index contributed by atoms with van der Waals surface area (Å²) in [6, 6.07) is 2.95. The Morgan fingerprint density at radius 1 is 1.25 bits per heavy atom. The van der Waals surface area contributed by atoms with Crippen molar-refractivity contribution in [2.45, 2.75) is 32.0 Å². The Kier molecular flexibility index (Phi) is 4.53. The first kappa shape index (κ1) is 19.4. The van der Waals surface area contributed by atoms with Crippen LogP contribution in [0.3, 0.4) is 0 Å². The van der Waals surface area contributed by atoms with Gasteiger partial charge in [0, 0.05) is 48.8 Å². The highest BCUT2D eigenvalue weighted by molar-refractivity contribution is 7.81. The molecule has 3 unspecified atom stereocenters. The number of pyridine rings is 1. The monoisotopic (exact) mass is 413 g/mol. The molecule has 0 amide bonds. The molecule has 28 heavy (non-hydrogen) atoms. The van der Waals surface area contributed by atoms with Gasteiger partial charge in [0.15, 0.2) is 0 Å². The van der Waals surface area contributed by atoms with Crippen molar-refractivity contribution in [1.29, 1.82) is 0 Å². The number of alkyl halides is 3. The normalized spacial score (nSPS) is 25.9. The summed E-state index contributed by atoms with van der Waals surface area (Å²) < 4.78 is 55.0. The lowest BCUT2D eigenvalue weighted by molar-refractivity contribution is -0.137. The summed E-state index contributed by atoms with van der Waals surface area (Å²) in [5.41, 5.74) is 6.24. The first-order chi connectivity index (χ1) is 13.1. The second-order valence-corrected chi connectivity index (χ2v) is 9.14. The van der Waals surface area contributed by atoms with Gasteiger partial charge < -0.3 is 5.73 Å². The predicted octanol–water partition coefficient (Wildman–Crippen LogP) is 3.07. The minimum Gasteiger partial charge on any atom is -0.383 e. The van der Waals surface area contributed by atoms with E-state index < -0.39 is 28.5 Å². The van der Waals surface area contributed by atoms with E-state index in [0.29, 0.717) is 29.0 Å². The van der Waals surface area contributed by atoms with Gasteiger partial charge in [-0.2, -0.15) is 18.3 Å². The number of nitrogen functional groups attached to an aromatic ring is 1. The van der Waals surface area contributed by atoms with Crippen LogP contribution in [-0.4, -0.2) is 42.6 Å². The maximum Gasteiger partial charge on any atom is 0.419 e. The van der Waals surface area contributed by atoms with Gasteiger partial charge in [-0.15, -0.1) is 0 Å². The molecule has 3 heterocycles. The molecule has 10 heteroatoms. The largest absolute Gasteiger partial charge is 0.419 e. The van der Waals surface area contributed by atoms with Crippen molar-refractivity contribution < 1.29 is 17.4 Å². The van der Waals surface area contributed by atoms with Crippen molar-refractivity contribution in [3.63, 3.8) is 0 Å². The number of piperidine rings is 1. The summed E-state index contributed by atoms with van der Waals surface area (Å²) in [6.45, 7) is 5.54. The minimum absolute atomic E-state index is 0.0744. The SMILES string of the molecule is CC(C)n1nc(-c2cnc(N)c(C(F)(F)F)c2)cc1C1C2CN(S(C)=O)CC21. The van der Waals surface area contributed by atoms with Crippen LogP contribution in [0.15, 0.2) is 18.3 Å². The Balaban J connectivity index is 1.67. The number of halogens is 3. The maximum absolute atomic E-state index is 13.2. The van der Waals surface area contributed by atoms with Crippen molar-refractivity contribution in [3.8, 4) is 11.3 Å². The van der Waals surface area contributed by atoms with Crippen LogP contribution in [0, 0.1) is 11.8 Å². The van der Waals surface area contributed by atoms with Crippen LogP contribution in [0.25, 0.3) is 11.3 Å². The summed E-state index contributed by atoms with van der Waals surface area (Å²) in [4.78, 5) is 3.72. The molecule has 6 nitrogen and oxygen atoms in total. The van der Waals surface area contributed by atoms with Gasteiger partial charge in [0.1, 0.15) is 5.82 Å². The molecule has 2 fully saturated rings. The van der Waals surface area contributed by atoms with Gasteiger partial charge in [-0.25, -0.2) is 13.5 Å². The van der Waals surface area contributed by atoms with Crippen LogP contribution in [0.4, 0.5) is 19.0 Å². The van der Waals surface area contributed by atoms with Crippen LogP contribution in [-0.2, 0) is 17.2 Å². The number of nitrogens with two attached hydrogens (primary N) is 1. The molecule has 2 N–H and O–H groups in total. The van der Waals surface area contributed by atoms with Crippen LogP contribution in [0.2, 0.25) is 0 Å². The topological polar surface area (TPSA) is 77.0 Å². The van der Waals surface area contributed by atoms with Crippen LogP contribution in [0.1, 0.15) is 37.1 Å². The van der Waals surface area contributed by atoms with Gasteiger partial charge in [-0.3, -0.25) is 4.68 Å². The van der Waals surface area contributed by atoms with E-state index in [4.69, 9.17) is 5.73 Å². The van der Waals surface area contributed by atoms with Crippen LogP contribution < -0.4 is 5.73 Å². The molecule has 2 aliphatic rings. The number of anilines is 1. The van der Waals surface area contributed by atoms with Gasteiger partial charge in [-0.1, -0.05) is 0 Å². The van der Waals surface area contributed by atoms with Crippen molar-refractivity contribution in [1.82, 2.24) is 19.1 Å². The summed E-state index contributed by atoms with van der Waals surface area (Å²) in [5.74, 6) is 0.596. The van der Waals surface area contributed by atoms with E-state index in [0.717, 1.165) is 24.8 Å². The summed E-state index contributed by atoms with van der Waals surface area (Å²) >= 11 is 0. The molecule has 152 valence electrons. The molecule has 1 aliphatic carbocycles. The number of rotatable bonds is 4. The van der Waals surface area contributed by atoms with Crippen molar-refractivity contribution in [2.24, 2.45) is 11.8 Å². The zero-order valence-electron chi connectivity index (χ0n) is 15.8. The molecule has 1 saturated carbocycles. The molecule has 0 radical (unpaired) electrons. The average molecular weight is 413 g/mol. The molecular formula is C18H22F3N5OS. The van der Waals surface area contributed by atoms with Crippen LogP contribution >= 0.6 is 0 Å². The summed E-state index contributed by atoms with van der Waals surface area (Å²) in [5, 5.41) is 4.57. The Morgan fingerprint density at radius 3 is 2.43 bits per heavy atom. The molecule has 1 aliphatic heterocycles. The standard InChI is InChI=1S/C18H22F3N5OS/c1-9(2)26-15(16-11-7-25(28(3)27)8-12(11)16)5-14(24-26)10-4-13(18(19,20)21)17(22)23-6-10/h4-6,9,11-12,16H,7-8H2,1-3H3,(H2,22,23). The van der Waals surface area contributed by atoms with Crippen molar-refractivity contribution >= 4 is 16.8 Å². The highest BCUT2D eigenvalue weighted by Crippen LogP contribution is 2.59. The Morgan fingerprint density at radius 2 is 1.89 bits per heavy atom. The first-order valence-corrected chi connectivity index (χ1v) is 10.6. The third-order valence-electron chi connectivity index (χ3n) is 5.64. The smallest absolute Gasteiger partial charge is 0.383 e. The summed E-state index contributed by atoms with van der Waals surface area (Å²) in [7, 11) is -0.970. The molecule has 4 rings (SSSR count). The lowest BCUT2D eigenvalue weighted by Crippen LogP contribution is -2.26. The third-order valence-corrected chi connectivity index (χ3v) is 6.66. The lowest BCUT2D eigenvalue weighted by atomic mass is 10.1. The first-order valence-electron chi connectivity index (χ1n) is 9.09. The van der Waals surface area contributed by atoms with Gasteiger partial charge in [0.05, 0.1) is 22.2 Å². The molecule has 0 spiro atoms. The van der Waals surface area contributed by atoms with Gasteiger partial charge in [-0.05, 0) is 37.8 Å². The number of nitrogens with zero attached hydrogens (tertiary/aromatic N) is 4. The molecule has 3 atom stereocenters. The summed E-state index contributed by atoms with van der Waals surface area (Å²) in [6.07, 6.45) is -1.55. The van der Waals surface area contributed by atoms with E-state index in [2.05, 4.69) is 10.1 Å². The number of hydrogen-bond donors (Lipinski definition) is 1. The van der Waals surface area contributed by atoms with E-state index in [-0.39, 0.29) is 6.04 Å².